The Labute approximate surface area is 143 Å². The topological polar surface area (TPSA) is 0 Å². The summed E-state index contributed by atoms with van der Waals surface area (Å²) in [5, 5.41) is 0.768. The lowest BCUT2D eigenvalue weighted by atomic mass is 9.98. The fraction of sp³-hybridized carbons (Fsp3) is 0.0909. The third kappa shape index (κ3) is 4.12. The highest BCUT2D eigenvalue weighted by molar-refractivity contribution is 6.30. The molecule has 0 atom stereocenters. The van der Waals surface area contributed by atoms with Crippen molar-refractivity contribution < 1.29 is 0 Å². The highest BCUT2D eigenvalue weighted by atomic mass is 35.5. The zero-order valence-corrected chi connectivity index (χ0v) is 13.9. The molecule has 0 heterocycles. The Bertz CT molecular complexity index is 816. The van der Waals surface area contributed by atoms with Gasteiger partial charge in [-0.1, -0.05) is 78.3 Å². The van der Waals surface area contributed by atoms with Gasteiger partial charge in [0.25, 0.3) is 0 Å². The van der Waals surface area contributed by atoms with Gasteiger partial charge in [-0.2, -0.15) is 0 Å². The second-order valence-corrected chi connectivity index (χ2v) is 6.10. The van der Waals surface area contributed by atoms with Crippen LogP contribution >= 0.6 is 11.6 Å². The zero-order chi connectivity index (χ0) is 16.1. The van der Waals surface area contributed by atoms with Gasteiger partial charge in [-0.25, -0.2) is 0 Å². The number of hydrogen-bond donors (Lipinski definition) is 0. The summed E-state index contributed by atoms with van der Waals surface area (Å²) >= 11 is 6.10. The Balaban J connectivity index is 1.84. The van der Waals surface area contributed by atoms with Crippen LogP contribution in [-0.2, 0) is 6.42 Å². The summed E-state index contributed by atoms with van der Waals surface area (Å²) in [6.07, 6.45) is 3.24. The first-order chi connectivity index (χ1) is 11.2. The minimum atomic E-state index is 0.768. The predicted octanol–water partition coefficient (Wildman–Crippen LogP) is 6.65. The van der Waals surface area contributed by atoms with Gasteiger partial charge in [0.2, 0.25) is 0 Å². The van der Waals surface area contributed by atoms with Gasteiger partial charge in [-0.05, 0) is 59.4 Å². The molecule has 0 aromatic heterocycles. The molecule has 0 N–H and O–H groups in total. The van der Waals surface area contributed by atoms with E-state index in [1.54, 1.807) is 0 Å². The van der Waals surface area contributed by atoms with Crippen molar-refractivity contribution >= 4 is 17.2 Å². The van der Waals surface area contributed by atoms with E-state index in [4.69, 9.17) is 11.6 Å². The average Bonchev–Trinajstić information content (AvgIpc) is 2.61. The molecule has 1 heteroatoms. The Kier molecular flexibility index (Phi) is 4.95. The van der Waals surface area contributed by atoms with Gasteiger partial charge in [0.05, 0.1) is 0 Å². The Morgan fingerprint density at radius 2 is 1.52 bits per heavy atom. The maximum Gasteiger partial charge on any atom is 0.0412 e. The van der Waals surface area contributed by atoms with Crippen LogP contribution < -0.4 is 0 Å². The molecule has 0 spiro atoms. The first kappa shape index (κ1) is 15.6. The molecule has 3 aromatic carbocycles. The molecular formula is C22H19Cl. The maximum absolute atomic E-state index is 6.10. The second kappa shape index (κ2) is 7.30. The third-order valence-corrected chi connectivity index (χ3v) is 4.20. The van der Waals surface area contributed by atoms with Crippen molar-refractivity contribution in [3.05, 3.63) is 101 Å². The predicted molar refractivity (Wildman–Crippen MR) is 101 cm³/mol. The van der Waals surface area contributed by atoms with Crippen LogP contribution in [0.25, 0.3) is 16.7 Å². The maximum atomic E-state index is 6.10. The van der Waals surface area contributed by atoms with Gasteiger partial charge in [0.1, 0.15) is 0 Å². The van der Waals surface area contributed by atoms with Gasteiger partial charge >= 0.3 is 0 Å². The van der Waals surface area contributed by atoms with Crippen molar-refractivity contribution in [3.63, 3.8) is 0 Å². The second-order valence-electron chi connectivity index (χ2n) is 5.67. The van der Waals surface area contributed by atoms with Crippen LogP contribution in [0.1, 0.15) is 18.1 Å². The Morgan fingerprint density at radius 1 is 0.826 bits per heavy atom. The molecule has 0 aliphatic rings. The molecule has 0 amide bonds. The van der Waals surface area contributed by atoms with E-state index in [1.165, 1.54) is 22.3 Å². The normalized spacial score (nSPS) is 11.5. The Hall–Kier alpha value is -2.31. The molecule has 0 aliphatic heterocycles. The van der Waals surface area contributed by atoms with Crippen LogP contribution in [-0.4, -0.2) is 0 Å². The van der Waals surface area contributed by atoms with Crippen molar-refractivity contribution in [2.45, 2.75) is 13.3 Å². The van der Waals surface area contributed by atoms with Gasteiger partial charge < -0.3 is 0 Å². The van der Waals surface area contributed by atoms with E-state index in [-0.39, 0.29) is 0 Å². The monoisotopic (exact) mass is 318 g/mol. The highest BCUT2D eigenvalue weighted by Crippen LogP contribution is 2.26. The number of allylic oxidation sites excluding steroid dienone is 2. The zero-order valence-electron chi connectivity index (χ0n) is 13.2. The molecule has 0 nitrogen and oxygen atoms in total. The average molecular weight is 319 g/mol. The lowest BCUT2D eigenvalue weighted by Crippen LogP contribution is -1.85. The number of hydrogen-bond acceptors (Lipinski definition) is 0. The van der Waals surface area contributed by atoms with Crippen molar-refractivity contribution in [3.8, 4) is 11.1 Å². The summed E-state index contributed by atoms with van der Waals surface area (Å²) in [4.78, 5) is 0. The summed E-state index contributed by atoms with van der Waals surface area (Å²) in [6, 6.07) is 27.1. The fourth-order valence-electron chi connectivity index (χ4n) is 2.61. The summed E-state index contributed by atoms with van der Waals surface area (Å²) < 4.78 is 0. The summed E-state index contributed by atoms with van der Waals surface area (Å²) in [6.45, 7) is 2.17. The van der Waals surface area contributed by atoms with Crippen molar-refractivity contribution in [2.75, 3.05) is 0 Å². The van der Waals surface area contributed by atoms with Gasteiger partial charge in [0, 0.05) is 5.02 Å². The van der Waals surface area contributed by atoms with Gasteiger partial charge in [0.15, 0.2) is 0 Å². The minimum Gasteiger partial charge on any atom is -0.0843 e. The molecule has 0 radical (unpaired) electrons. The molecule has 0 saturated carbocycles. The van der Waals surface area contributed by atoms with Gasteiger partial charge in [-0.15, -0.1) is 0 Å². The number of halogens is 1. The highest BCUT2D eigenvalue weighted by Gasteiger charge is 2.02. The smallest absolute Gasteiger partial charge is 0.0412 e. The van der Waals surface area contributed by atoms with E-state index in [1.807, 2.05) is 18.2 Å². The molecule has 3 rings (SSSR count). The molecule has 0 saturated heterocycles. The Morgan fingerprint density at radius 3 is 2.26 bits per heavy atom. The van der Waals surface area contributed by atoms with Gasteiger partial charge in [-0.3, -0.25) is 0 Å². The molecular weight excluding hydrogens is 300 g/mol. The SMILES string of the molecule is C/C(=C\Cc1ccccc1)c1cccc(-c2cccc(Cl)c2)c1. The van der Waals surface area contributed by atoms with Crippen LogP contribution in [0.3, 0.4) is 0 Å². The van der Waals surface area contributed by atoms with Crippen LogP contribution in [0.4, 0.5) is 0 Å². The lowest BCUT2D eigenvalue weighted by molar-refractivity contribution is 1.27. The molecule has 0 bridgehead atoms. The van der Waals surface area contributed by atoms with Crippen molar-refractivity contribution in [1.29, 1.82) is 0 Å². The minimum absolute atomic E-state index is 0.768. The first-order valence-electron chi connectivity index (χ1n) is 7.79. The van der Waals surface area contributed by atoms with Crippen LogP contribution in [0.2, 0.25) is 5.02 Å². The largest absolute Gasteiger partial charge is 0.0843 e. The lowest BCUT2D eigenvalue weighted by Gasteiger charge is -2.07. The van der Waals surface area contributed by atoms with E-state index in [0.717, 1.165) is 17.0 Å². The van der Waals surface area contributed by atoms with Crippen molar-refractivity contribution in [2.24, 2.45) is 0 Å². The van der Waals surface area contributed by atoms with E-state index in [0.29, 0.717) is 0 Å². The molecule has 0 unspecified atom stereocenters. The number of benzene rings is 3. The van der Waals surface area contributed by atoms with E-state index in [9.17, 15) is 0 Å². The number of rotatable bonds is 4. The van der Waals surface area contributed by atoms with Crippen LogP contribution in [0.5, 0.6) is 0 Å². The van der Waals surface area contributed by atoms with Crippen LogP contribution in [0.15, 0.2) is 84.9 Å². The summed E-state index contributed by atoms with van der Waals surface area (Å²) in [7, 11) is 0. The van der Waals surface area contributed by atoms with E-state index < -0.39 is 0 Å². The van der Waals surface area contributed by atoms with E-state index in [2.05, 4.69) is 73.7 Å². The molecule has 23 heavy (non-hydrogen) atoms. The molecule has 3 aromatic rings. The van der Waals surface area contributed by atoms with Crippen molar-refractivity contribution in [1.82, 2.24) is 0 Å². The quantitative estimate of drug-likeness (QED) is 0.505. The van der Waals surface area contributed by atoms with E-state index >= 15 is 0 Å². The molecule has 0 fully saturated rings. The molecule has 0 aliphatic carbocycles. The van der Waals surface area contributed by atoms with Crippen LogP contribution in [0, 0.1) is 0 Å². The summed E-state index contributed by atoms with van der Waals surface area (Å²) in [5.41, 5.74) is 6.21. The first-order valence-corrected chi connectivity index (χ1v) is 8.17. The standard InChI is InChI=1S/C22H19Cl/c1-17(13-14-18-7-3-2-4-8-18)19-9-5-10-20(15-19)21-11-6-12-22(23)16-21/h2-13,15-16H,14H2,1H3/b17-13+. The fourth-order valence-corrected chi connectivity index (χ4v) is 2.81. The molecule has 114 valence electrons. The summed E-state index contributed by atoms with van der Waals surface area (Å²) in [5.74, 6) is 0. The third-order valence-electron chi connectivity index (χ3n) is 3.96.